The van der Waals surface area contributed by atoms with Gasteiger partial charge in [0.05, 0.1) is 33.6 Å². The monoisotopic (exact) mass is 698 g/mol. The Labute approximate surface area is 275 Å². The van der Waals surface area contributed by atoms with Gasteiger partial charge in [0, 0.05) is 33.9 Å². The van der Waals surface area contributed by atoms with E-state index in [-0.39, 0.29) is 19.1 Å². The fourth-order valence-corrected chi connectivity index (χ4v) is 6.54. The number of aliphatic hydroxyl groups excluding tert-OH is 1. The Bertz CT molecular complexity index is 1720. The molecule has 10 heteroatoms. The minimum absolute atomic E-state index is 0.130. The maximum atomic E-state index is 11.6. The summed E-state index contributed by atoms with van der Waals surface area (Å²) in [5, 5.41) is 20.2. The molecule has 0 saturated carbocycles. The van der Waals surface area contributed by atoms with Gasteiger partial charge in [-0.05, 0) is 71.3 Å². The lowest BCUT2D eigenvalue weighted by Crippen LogP contribution is -2.32. The molecule has 0 saturated heterocycles. The van der Waals surface area contributed by atoms with E-state index >= 15 is 0 Å². The largest absolute Gasteiger partial charge is 0.481 e. The van der Waals surface area contributed by atoms with E-state index in [9.17, 15) is 15.0 Å². The second kappa shape index (κ2) is 13.5. The van der Waals surface area contributed by atoms with E-state index in [1.807, 2.05) is 36.4 Å². The number of aliphatic hydroxyl groups is 1. The number of pyridine rings is 1. The van der Waals surface area contributed by atoms with Crippen molar-refractivity contribution in [2.45, 2.75) is 45.3 Å². The molecule has 44 heavy (non-hydrogen) atoms. The summed E-state index contributed by atoms with van der Waals surface area (Å²) in [5.74, 6) is -0.455. The molecule has 0 spiro atoms. The number of ether oxygens (including phenoxy) is 2. The molecule has 7 nitrogen and oxygen atoms in total. The van der Waals surface area contributed by atoms with Crippen LogP contribution in [0.25, 0.3) is 22.3 Å². The van der Waals surface area contributed by atoms with E-state index in [2.05, 4.69) is 39.1 Å². The van der Waals surface area contributed by atoms with E-state index in [0.717, 1.165) is 40.7 Å². The lowest BCUT2D eigenvalue weighted by Gasteiger charge is -2.22. The zero-order chi connectivity index (χ0) is 31.6. The van der Waals surface area contributed by atoms with Gasteiger partial charge in [0.1, 0.15) is 6.61 Å². The zero-order valence-corrected chi connectivity index (χ0v) is 27.5. The number of hydrogen-bond donors (Lipinski definition) is 3. The Hall–Kier alpha value is -3.14. The second-order valence-corrected chi connectivity index (χ2v) is 13.0. The maximum absolute atomic E-state index is 11.6. The summed E-state index contributed by atoms with van der Waals surface area (Å²) in [5.41, 5.74) is 12.5. The number of fused-ring (bicyclic) bond motifs is 1. The first-order valence-corrected chi connectivity index (χ1v) is 15.7. The first kappa shape index (κ1) is 32.3. The van der Waals surface area contributed by atoms with Gasteiger partial charge < -0.3 is 25.4 Å². The third kappa shape index (κ3) is 6.60. The van der Waals surface area contributed by atoms with Crippen LogP contribution in [0.15, 0.2) is 65.1 Å². The lowest BCUT2D eigenvalue weighted by atomic mass is 9.85. The predicted octanol–water partition coefficient (Wildman–Crippen LogP) is 7.51. The average Bonchev–Trinajstić information content (AvgIpc) is 3.39. The van der Waals surface area contributed by atoms with Crippen molar-refractivity contribution in [1.82, 2.24) is 4.98 Å². The number of aryl methyl sites for hydroxylation is 1. The second-order valence-electron chi connectivity index (χ2n) is 11.4. The first-order valence-electron chi connectivity index (χ1n) is 14.2. The number of carboxylic acid groups (broad SMARTS) is 1. The van der Waals surface area contributed by atoms with Gasteiger partial charge in [-0.25, -0.2) is 0 Å². The Kier molecular flexibility index (Phi) is 9.87. The molecule has 0 bridgehead atoms. The number of aliphatic carboxylic acids is 1. The van der Waals surface area contributed by atoms with Crippen LogP contribution in [0.5, 0.6) is 11.8 Å². The van der Waals surface area contributed by atoms with Crippen LogP contribution < -0.4 is 15.2 Å². The van der Waals surface area contributed by atoms with Crippen LogP contribution in [0.4, 0.5) is 0 Å². The standard InChI is InChI=1S/C34H33BrCl2N2O5/c1-34(18-40,33(41)42)12-11-21-16-28(35)32(39-31(21)43-2)44-17-22-5-3-7-26(29(22)36)27-8-4-6-25(30(27)37)20-10-9-19-14-24(38)15-23(19)13-20/h3-10,13,16,24,40H,11-12,14-15,17-18,38H2,1-2H3,(H,41,42)/t24-,34-/m0/s1. The third-order valence-corrected chi connectivity index (χ3v) is 9.62. The summed E-state index contributed by atoms with van der Waals surface area (Å²) in [7, 11) is 1.49. The molecule has 0 fully saturated rings. The summed E-state index contributed by atoms with van der Waals surface area (Å²) in [6.07, 6.45) is 2.30. The molecule has 4 aromatic rings. The summed E-state index contributed by atoms with van der Waals surface area (Å²) in [6, 6.07) is 20.0. The molecule has 1 heterocycles. The van der Waals surface area contributed by atoms with Gasteiger partial charge in [-0.3, -0.25) is 4.79 Å². The summed E-state index contributed by atoms with van der Waals surface area (Å²) in [4.78, 5) is 16.1. The minimum atomic E-state index is -1.27. The van der Waals surface area contributed by atoms with Crippen LogP contribution >= 0.6 is 39.1 Å². The number of methoxy groups -OCH3 is 1. The van der Waals surface area contributed by atoms with Gasteiger partial charge in [0.25, 0.3) is 0 Å². The molecular weight excluding hydrogens is 667 g/mol. The van der Waals surface area contributed by atoms with E-state index in [0.29, 0.717) is 38.3 Å². The molecule has 1 aliphatic rings. The number of benzene rings is 3. The Morgan fingerprint density at radius 2 is 1.68 bits per heavy atom. The van der Waals surface area contributed by atoms with Crippen LogP contribution in [-0.4, -0.2) is 40.9 Å². The fraction of sp³-hybridized carbons (Fsp3) is 0.294. The van der Waals surface area contributed by atoms with Crippen LogP contribution in [0.2, 0.25) is 10.0 Å². The molecule has 230 valence electrons. The number of carbonyl (C=O) groups is 1. The van der Waals surface area contributed by atoms with Crippen molar-refractivity contribution in [2.24, 2.45) is 11.1 Å². The summed E-state index contributed by atoms with van der Waals surface area (Å²) >= 11 is 17.5. The van der Waals surface area contributed by atoms with Crippen molar-refractivity contribution in [3.63, 3.8) is 0 Å². The van der Waals surface area contributed by atoms with Gasteiger partial charge in [-0.15, -0.1) is 0 Å². The van der Waals surface area contributed by atoms with Crippen LogP contribution in [0.3, 0.4) is 0 Å². The van der Waals surface area contributed by atoms with E-state index in [1.54, 1.807) is 6.07 Å². The topological polar surface area (TPSA) is 115 Å². The SMILES string of the molecule is COc1nc(OCc2cccc(-c3cccc(-c4ccc5c(c4)C[C@@H](N)C5)c3Cl)c2Cl)c(Br)cc1CC[C@@](C)(CO)C(=O)O. The number of carboxylic acids is 1. The number of aromatic nitrogens is 1. The molecule has 0 unspecified atom stereocenters. The maximum Gasteiger partial charge on any atom is 0.311 e. The van der Waals surface area contributed by atoms with Gasteiger partial charge >= 0.3 is 5.97 Å². The van der Waals surface area contributed by atoms with Crippen molar-refractivity contribution < 1.29 is 24.5 Å². The molecule has 0 amide bonds. The molecule has 1 aromatic heterocycles. The van der Waals surface area contributed by atoms with Gasteiger partial charge in [-0.1, -0.05) is 77.8 Å². The van der Waals surface area contributed by atoms with Crippen molar-refractivity contribution in [3.8, 4) is 34.0 Å². The van der Waals surface area contributed by atoms with Crippen molar-refractivity contribution in [1.29, 1.82) is 0 Å². The highest BCUT2D eigenvalue weighted by atomic mass is 79.9. The fourth-order valence-electron chi connectivity index (χ4n) is 5.44. The number of nitrogens with two attached hydrogens (primary N) is 1. The molecule has 0 aliphatic heterocycles. The van der Waals surface area contributed by atoms with E-state index in [1.165, 1.54) is 25.2 Å². The number of halogens is 3. The molecular formula is C34H33BrCl2N2O5. The average molecular weight is 700 g/mol. The number of nitrogens with zero attached hydrogens (tertiary/aromatic N) is 1. The summed E-state index contributed by atoms with van der Waals surface area (Å²) < 4.78 is 12.1. The third-order valence-electron chi connectivity index (χ3n) is 8.20. The van der Waals surface area contributed by atoms with Gasteiger partial charge in [0.2, 0.25) is 11.8 Å². The molecule has 5 rings (SSSR count). The Balaban J connectivity index is 1.37. The highest BCUT2D eigenvalue weighted by Crippen LogP contribution is 2.41. The molecule has 3 aromatic carbocycles. The highest BCUT2D eigenvalue weighted by Gasteiger charge is 2.32. The van der Waals surface area contributed by atoms with Gasteiger partial charge in [0.15, 0.2) is 0 Å². The van der Waals surface area contributed by atoms with Crippen molar-refractivity contribution >= 4 is 45.1 Å². The normalized spacial score (nSPS) is 15.5. The van der Waals surface area contributed by atoms with Crippen molar-refractivity contribution in [2.75, 3.05) is 13.7 Å². The number of hydrogen-bond acceptors (Lipinski definition) is 6. The number of rotatable bonds is 11. The van der Waals surface area contributed by atoms with Crippen LogP contribution in [0, 0.1) is 5.41 Å². The molecule has 0 radical (unpaired) electrons. The summed E-state index contributed by atoms with van der Waals surface area (Å²) in [6.45, 7) is 1.16. The highest BCUT2D eigenvalue weighted by molar-refractivity contribution is 9.10. The van der Waals surface area contributed by atoms with E-state index in [4.69, 9.17) is 38.4 Å². The zero-order valence-electron chi connectivity index (χ0n) is 24.4. The van der Waals surface area contributed by atoms with Crippen LogP contribution in [0.1, 0.15) is 35.6 Å². The predicted molar refractivity (Wildman–Crippen MR) is 177 cm³/mol. The molecule has 2 atom stereocenters. The smallest absolute Gasteiger partial charge is 0.311 e. The van der Waals surface area contributed by atoms with Crippen LogP contribution in [-0.2, 0) is 30.7 Å². The van der Waals surface area contributed by atoms with Gasteiger partial charge in [-0.2, -0.15) is 4.98 Å². The first-order chi connectivity index (χ1) is 21.0. The molecule has 1 aliphatic carbocycles. The quantitative estimate of drug-likeness (QED) is 0.148. The molecule has 4 N–H and O–H groups in total. The van der Waals surface area contributed by atoms with Crippen molar-refractivity contribution in [3.05, 3.63) is 97.4 Å². The Morgan fingerprint density at radius 1 is 1.00 bits per heavy atom. The Morgan fingerprint density at radius 3 is 2.39 bits per heavy atom. The minimum Gasteiger partial charge on any atom is -0.481 e. The lowest BCUT2D eigenvalue weighted by molar-refractivity contribution is -0.150. The van der Waals surface area contributed by atoms with E-state index < -0.39 is 18.0 Å².